The maximum Gasteiger partial charge on any atom is 0.317 e. The van der Waals surface area contributed by atoms with Crippen LogP contribution in [0.15, 0.2) is 41.8 Å². The zero-order valence-electron chi connectivity index (χ0n) is 12.5. The zero-order valence-corrected chi connectivity index (χ0v) is 13.3. The van der Waals surface area contributed by atoms with Gasteiger partial charge in [-0.2, -0.15) is 0 Å². The van der Waals surface area contributed by atoms with Gasteiger partial charge in [0.1, 0.15) is 5.41 Å². The fourth-order valence-corrected chi connectivity index (χ4v) is 3.45. The molecule has 0 aliphatic rings. The van der Waals surface area contributed by atoms with Gasteiger partial charge in [-0.15, -0.1) is 11.3 Å². The van der Waals surface area contributed by atoms with Crippen molar-refractivity contribution < 1.29 is 9.53 Å². The second kappa shape index (κ2) is 6.87. The Kier molecular flexibility index (Phi) is 5.15. The summed E-state index contributed by atoms with van der Waals surface area (Å²) in [7, 11) is 1.43. The average Bonchev–Trinajstić information content (AvgIpc) is 3.02. The highest BCUT2D eigenvalue weighted by Gasteiger charge is 2.40. The van der Waals surface area contributed by atoms with Crippen LogP contribution >= 0.6 is 11.3 Å². The minimum absolute atomic E-state index is 0.246. The molecule has 0 amide bonds. The third-order valence-corrected chi connectivity index (χ3v) is 4.90. The van der Waals surface area contributed by atoms with Gasteiger partial charge in [0.25, 0.3) is 0 Å². The van der Waals surface area contributed by atoms with Crippen molar-refractivity contribution >= 4 is 17.3 Å². The van der Waals surface area contributed by atoms with E-state index in [0.717, 1.165) is 17.5 Å². The molecule has 0 saturated heterocycles. The maximum atomic E-state index is 12.5. The molecule has 1 aromatic heterocycles. The summed E-state index contributed by atoms with van der Waals surface area (Å²) in [6, 6.07) is 12.0. The number of hydrogen-bond donors (Lipinski definition) is 1. The monoisotopic (exact) mass is 303 g/mol. The minimum Gasteiger partial charge on any atom is -0.468 e. The summed E-state index contributed by atoms with van der Waals surface area (Å²) >= 11 is 1.70. The summed E-state index contributed by atoms with van der Waals surface area (Å²) in [5, 5.41) is 2.05. The third-order valence-electron chi connectivity index (χ3n) is 3.96. The zero-order chi connectivity index (χ0) is 15.3. The van der Waals surface area contributed by atoms with Crippen molar-refractivity contribution in [2.24, 2.45) is 5.73 Å². The summed E-state index contributed by atoms with van der Waals surface area (Å²) in [4.78, 5) is 13.7. The highest BCUT2D eigenvalue weighted by molar-refractivity contribution is 7.09. The lowest BCUT2D eigenvalue weighted by Gasteiger charge is -2.31. The lowest BCUT2D eigenvalue weighted by atomic mass is 9.74. The molecule has 1 unspecified atom stereocenters. The van der Waals surface area contributed by atoms with Crippen LogP contribution in [0.1, 0.15) is 22.4 Å². The van der Waals surface area contributed by atoms with E-state index >= 15 is 0 Å². The lowest BCUT2D eigenvalue weighted by Crippen LogP contribution is -2.44. The van der Waals surface area contributed by atoms with Crippen LogP contribution in [0.2, 0.25) is 0 Å². The van der Waals surface area contributed by atoms with Gasteiger partial charge in [0.15, 0.2) is 0 Å². The van der Waals surface area contributed by atoms with Crippen molar-refractivity contribution in [1.29, 1.82) is 0 Å². The Morgan fingerprint density at radius 1 is 1.29 bits per heavy atom. The number of esters is 1. The number of rotatable bonds is 6. The van der Waals surface area contributed by atoms with Crippen molar-refractivity contribution in [2.75, 3.05) is 13.7 Å². The standard InChI is InChI=1S/C17H21NO2S/c1-13-6-3-4-8-15(13)17(12-18,16(19)20-2)10-9-14-7-5-11-21-14/h3-8,11H,9-10,12,18H2,1-2H3. The molecule has 21 heavy (non-hydrogen) atoms. The lowest BCUT2D eigenvalue weighted by molar-refractivity contribution is -0.147. The van der Waals surface area contributed by atoms with E-state index in [-0.39, 0.29) is 12.5 Å². The fourth-order valence-electron chi connectivity index (χ4n) is 2.74. The van der Waals surface area contributed by atoms with E-state index in [1.807, 2.05) is 42.6 Å². The molecule has 0 spiro atoms. The van der Waals surface area contributed by atoms with Crippen molar-refractivity contribution in [3.63, 3.8) is 0 Å². The summed E-state index contributed by atoms with van der Waals surface area (Å²) < 4.78 is 5.07. The Bertz CT molecular complexity index is 595. The molecule has 112 valence electrons. The van der Waals surface area contributed by atoms with E-state index in [0.29, 0.717) is 6.42 Å². The normalized spacial score (nSPS) is 13.7. The molecule has 0 fully saturated rings. The fraction of sp³-hybridized carbons (Fsp3) is 0.353. The summed E-state index contributed by atoms with van der Waals surface area (Å²) in [5.41, 5.74) is 7.29. The van der Waals surface area contributed by atoms with Gasteiger partial charge in [-0.1, -0.05) is 30.3 Å². The predicted octanol–water partition coefficient (Wildman–Crippen LogP) is 3.06. The third kappa shape index (κ3) is 3.17. The largest absolute Gasteiger partial charge is 0.468 e. The molecule has 2 aromatic rings. The van der Waals surface area contributed by atoms with Crippen LogP contribution in [0.5, 0.6) is 0 Å². The van der Waals surface area contributed by atoms with Gasteiger partial charge in [-0.25, -0.2) is 0 Å². The first-order valence-electron chi connectivity index (χ1n) is 7.01. The van der Waals surface area contributed by atoms with Crippen molar-refractivity contribution in [3.8, 4) is 0 Å². The Morgan fingerprint density at radius 2 is 2.05 bits per heavy atom. The summed E-state index contributed by atoms with van der Waals surface area (Å²) in [6.07, 6.45) is 1.47. The van der Waals surface area contributed by atoms with E-state index < -0.39 is 5.41 Å². The molecule has 0 aliphatic heterocycles. The number of carbonyl (C=O) groups is 1. The number of aryl methyl sites for hydroxylation is 2. The van der Waals surface area contributed by atoms with Gasteiger partial charge >= 0.3 is 5.97 Å². The van der Waals surface area contributed by atoms with Gasteiger partial charge in [0.05, 0.1) is 7.11 Å². The Hall–Kier alpha value is -1.65. The molecular formula is C17H21NO2S. The first-order valence-corrected chi connectivity index (χ1v) is 7.89. The SMILES string of the molecule is COC(=O)C(CN)(CCc1cccs1)c1ccccc1C. The molecule has 0 aliphatic carbocycles. The van der Waals surface area contributed by atoms with E-state index in [9.17, 15) is 4.79 Å². The van der Waals surface area contributed by atoms with Gasteiger partial charge in [0, 0.05) is 11.4 Å². The number of hydrogen-bond acceptors (Lipinski definition) is 4. The Balaban J connectivity index is 2.38. The first kappa shape index (κ1) is 15.7. The smallest absolute Gasteiger partial charge is 0.317 e. The van der Waals surface area contributed by atoms with E-state index in [1.165, 1.54) is 12.0 Å². The molecule has 1 aromatic carbocycles. The van der Waals surface area contributed by atoms with Crippen LogP contribution < -0.4 is 5.73 Å². The number of nitrogens with two attached hydrogens (primary N) is 1. The highest BCUT2D eigenvalue weighted by atomic mass is 32.1. The van der Waals surface area contributed by atoms with Crippen LogP contribution in [-0.4, -0.2) is 19.6 Å². The first-order chi connectivity index (χ1) is 10.1. The minimum atomic E-state index is -0.774. The van der Waals surface area contributed by atoms with E-state index in [2.05, 4.69) is 6.07 Å². The predicted molar refractivity (Wildman–Crippen MR) is 86.6 cm³/mol. The molecule has 3 nitrogen and oxygen atoms in total. The average molecular weight is 303 g/mol. The van der Waals surface area contributed by atoms with Crippen LogP contribution in [0, 0.1) is 6.92 Å². The number of carbonyl (C=O) groups excluding carboxylic acids is 1. The number of methoxy groups -OCH3 is 1. The van der Waals surface area contributed by atoms with Gasteiger partial charge in [-0.05, 0) is 42.3 Å². The van der Waals surface area contributed by atoms with Crippen LogP contribution in [-0.2, 0) is 21.4 Å². The quantitative estimate of drug-likeness (QED) is 0.834. The Morgan fingerprint density at radius 3 is 2.62 bits per heavy atom. The van der Waals surface area contributed by atoms with Gasteiger partial charge < -0.3 is 10.5 Å². The molecule has 1 heterocycles. The topological polar surface area (TPSA) is 52.3 Å². The molecule has 1 atom stereocenters. The van der Waals surface area contributed by atoms with Crippen LogP contribution in [0.25, 0.3) is 0 Å². The highest BCUT2D eigenvalue weighted by Crippen LogP contribution is 2.33. The molecule has 0 saturated carbocycles. The van der Waals surface area contributed by atoms with Crippen LogP contribution in [0.3, 0.4) is 0 Å². The molecule has 4 heteroatoms. The number of thiophene rings is 1. The maximum absolute atomic E-state index is 12.5. The molecule has 0 bridgehead atoms. The van der Waals surface area contributed by atoms with E-state index in [1.54, 1.807) is 11.3 Å². The van der Waals surface area contributed by atoms with Crippen molar-refractivity contribution in [1.82, 2.24) is 0 Å². The molecule has 0 radical (unpaired) electrons. The summed E-state index contributed by atoms with van der Waals surface area (Å²) in [6.45, 7) is 2.25. The Labute approximate surface area is 129 Å². The molecule has 2 N–H and O–H groups in total. The summed E-state index contributed by atoms with van der Waals surface area (Å²) in [5.74, 6) is -0.254. The van der Waals surface area contributed by atoms with Crippen LogP contribution in [0.4, 0.5) is 0 Å². The van der Waals surface area contributed by atoms with Gasteiger partial charge in [-0.3, -0.25) is 4.79 Å². The van der Waals surface area contributed by atoms with Crippen molar-refractivity contribution in [3.05, 3.63) is 57.8 Å². The second-order valence-corrected chi connectivity index (χ2v) is 6.20. The molecular weight excluding hydrogens is 282 g/mol. The van der Waals surface area contributed by atoms with E-state index in [4.69, 9.17) is 10.5 Å². The van der Waals surface area contributed by atoms with Gasteiger partial charge in [0.2, 0.25) is 0 Å². The second-order valence-electron chi connectivity index (χ2n) is 5.17. The number of benzene rings is 1. The van der Waals surface area contributed by atoms with Crippen molar-refractivity contribution in [2.45, 2.75) is 25.2 Å². The molecule has 2 rings (SSSR count). The number of ether oxygens (including phenoxy) is 1.